The third kappa shape index (κ3) is 8.07. The first-order chi connectivity index (χ1) is 8.79. The Morgan fingerprint density at radius 1 is 1.06 bits per heavy atom. The van der Waals surface area contributed by atoms with E-state index in [4.69, 9.17) is 4.74 Å². The quantitative estimate of drug-likeness (QED) is 0.674. The lowest BCUT2D eigenvalue weighted by molar-refractivity contribution is -0.145. The van der Waals surface area contributed by atoms with Crippen molar-refractivity contribution in [1.82, 2.24) is 0 Å². The summed E-state index contributed by atoms with van der Waals surface area (Å²) in [5.74, 6) is -0.293. The number of aliphatic hydroxyl groups excluding tert-OH is 1. The standard InChI is InChI=1S/C15H24O3/c16-14-11-9-7-5-3-1-2-4-6-8-10-12-18-15(17)13-14/h2,4,6,8,14,16H,1,3,5,7,9-13H2/b4-2-,8-6-. The Morgan fingerprint density at radius 3 is 2.61 bits per heavy atom. The summed E-state index contributed by atoms with van der Waals surface area (Å²) in [6.07, 6.45) is 14.8. The monoisotopic (exact) mass is 252 g/mol. The van der Waals surface area contributed by atoms with Crippen LogP contribution in [0.1, 0.15) is 51.4 Å². The summed E-state index contributed by atoms with van der Waals surface area (Å²) in [6, 6.07) is 0. The molecule has 0 aromatic carbocycles. The lowest BCUT2D eigenvalue weighted by atomic mass is 10.1. The largest absolute Gasteiger partial charge is 0.465 e. The molecule has 0 saturated carbocycles. The Bertz CT molecular complexity index is 281. The van der Waals surface area contributed by atoms with Gasteiger partial charge in [-0.05, 0) is 25.7 Å². The summed E-state index contributed by atoms with van der Waals surface area (Å²) < 4.78 is 5.04. The van der Waals surface area contributed by atoms with E-state index in [1.165, 1.54) is 12.8 Å². The molecule has 18 heavy (non-hydrogen) atoms. The third-order valence-corrected chi connectivity index (χ3v) is 2.99. The Hall–Kier alpha value is -1.09. The number of allylic oxidation sites excluding steroid dienone is 3. The highest BCUT2D eigenvalue weighted by Gasteiger charge is 2.11. The Balaban J connectivity index is 2.35. The number of ether oxygens (including phenoxy) is 1. The van der Waals surface area contributed by atoms with Crippen LogP contribution in [0.15, 0.2) is 24.3 Å². The Labute approximate surface area is 110 Å². The molecule has 3 heteroatoms. The van der Waals surface area contributed by atoms with E-state index in [1.807, 2.05) is 12.2 Å². The lowest BCUT2D eigenvalue weighted by Gasteiger charge is -2.10. The highest BCUT2D eigenvalue weighted by Crippen LogP contribution is 2.10. The maximum absolute atomic E-state index is 11.4. The van der Waals surface area contributed by atoms with Crippen molar-refractivity contribution >= 4 is 5.97 Å². The second kappa shape index (κ2) is 9.89. The van der Waals surface area contributed by atoms with E-state index >= 15 is 0 Å². The van der Waals surface area contributed by atoms with Gasteiger partial charge in [0.2, 0.25) is 0 Å². The zero-order valence-corrected chi connectivity index (χ0v) is 11.0. The average molecular weight is 252 g/mol. The maximum Gasteiger partial charge on any atom is 0.308 e. The van der Waals surface area contributed by atoms with E-state index in [0.29, 0.717) is 13.0 Å². The normalized spacial score (nSPS) is 28.3. The van der Waals surface area contributed by atoms with E-state index in [-0.39, 0.29) is 12.4 Å². The Kier molecular flexibility index (Phi) is 8.23. The molecule has 0 amide bonds. The van der Waals surface area contributed by atoms with Crippen LogP contribution in [-0.4, -0.2) is 23.8 Å². The van der Waals surface area contributed by atoms with Gasteiger partial charge in [-0.1, -0.05) is 43.6 Å². The number of hydrogen-bond acceptors (Lipinski definition) is 3. The first-order valence-electron chi connectivity index (χ1n) is 6.94. The summed E-state index contributed by atoms with van der Waals surface area (Å²) in [7, 11) is 0. The third-order valence-electron chi connectivity index (χ3n) is 2.99. The molecule has 0 bridgehead atoms. The van der Waals surface area contributed by atoms with Gasteiger partial charge in [0.25, 0.3) is 0 Å². The first-order valence-corrected chi connectivity index (χ1v) is 6.94. The van der Waals surface area contributed by atoms with Crippen LogP contribution < -0.4 is 0 Å². The van der Waals surface area contributed by atoms with Crippen LogP contribution in [0.4, 0.5) is 0 Å². The molecular formula is C15H24O3. The summed E-state index contributed by atoms with van der Waals surface area (Å²) in [6.45, 7) is 0.399. The fraction of sp³-hybridized carbons (Fsp3) is 0.667. The topological polar surface area (TPSA) is 46.5 Å². The molecule has 0 spiro atoms. The van der Waals surface area contributed by atoms with Crippen molar-refractivity contribution < 1.29 is 14.6 Å². The molecule has 0 aromatic heterocycles. The van der Waals surface area contributed by atoms with Crippen molar-refractivity contribution in [3.63, 3.8) is 0 Å². The number of cyclic esters (lactones) is 1. The van der Waals surface area contributed by atoms with Crippen molar-refractivity contribution in [2.45, 2.75) is 57.5 Å². The van der Waals surface area contributed by atoms with Gasteiger partial charge in [-0.15, -0.1) is 0 Å². The van der Waals surface area contributed by atoms with Crippen LogP contribution in [-0.2, 0) is 9.53 Å². The fourth-order valence-corrected chi connectivity index (χ4v) is 1.94. The second-order valence-corrected chi connectivity index (χ2v) is 4.71. The molecule has 1 rings (SSSR count). The molecule has 1 N–H and O–H groups in total. The minimum absolute atomic E-state index is 0.129. The van der Waals surface area contributed by atoms with Crippen molar-refractivity contribution in [3.8, 4) is 0 Å². The van der Waals surface area contributed by atoms with Gasteiger partial charge < -0.3 is 9.84 Å². The van der Waals surface area contributed by atoms with Crippen LogP contribution in [0.25, 0.3) is 0 Å². The number of aliphatic hydroxyl groups is 1. The average Bonchev–Trinajstić information content (AvgIpc) is 2.33. The highest BCUT2D eigenvalue weighted by molar-refractivity contribution is 5.69. The molecule has 1 heterocycles. The highest BCUT2D eigenvalue weighted by atomic mass is 16.5. The van der Waals surface area contributed by atoms with Crippen LogP contribution in [0.2, 0.25) is 0 Å². The lowest BCUT2D eigenvalue weighted by Crippen LogP contribution is -2.16. The summed E-state index contributed by atoms with van der Waals surface area (Å²) in [4.78, 5) is 11.4. The first kappa shape index (κ1) is 15.0. The summed E-state index contributed by atoms with van der Waals surface area (Å²) in [5, 5.41) is 9.66. The van der Waals surface area contributed by atoms with Gasteiger partial charge in [-0.2, -0.15) is 0 Å². The van der Waals surface area contributed by atoms with Gasteiger partial charge in [-0.25, -0.2) is 0 Å². The molecule has 1 aliphatic heterocycles. The molecule has 0 radical (unpaired) electrons. The van der Waals surface area contributed by atoms with Crippen molar-refractivity contribution in [2.24, 2.45) is 0 Å². The predicted molar refractivity (Wildman–Crippen MR) is 72.2 cm³/mol. The van der Waals surface area contributed by atoms with Crippen LogP contribution >= 0.6 is 0 Å². The molecule has 102 valence electrons. The minimum atomic E-state index is -0.541. The fourth-order valence-electron chi connectivity index (χ4n) is 1.94. The van der Waals surface area contributed by atoms with Crippen molar-refractivity contribution in [3.05, 3.63) is 24.3 Å². The molecule has 1 unspecified atom stereocenters. The van der Waals surface area contributed by atoms with E-state index in [2.05, 4.69) is 12.2 Å². The molecule has 0 fully saturated rings. The number of rotatable bonds is 0. The van der Waals surface area contributed by atoms with Gasteiger partial charge in [0.1, 0.15) is 0 Å². The minimum Gasteiger partial charge on any atom is -0.465 e. The smallest absolute Gasteiger partial charge is 0.308 e. The van der Waals surface area contributed by atoms with Crippen LogP contribution in [0, 0.1) is 0 Å². The van der Waals surface area contributed by atoms with Crippen LogP contribution in [0.5, 0.6) is 0 Å². The molecule has 3 nitrogen and oxygen atoms in total. The van der Waals surface area contributed by atoms with Gasteiger partial charge in [0.15, 0.2) is 0 Å². The molecule has 0 saturated heterocycles. The van der Waals surface area contributed by atoms with E-state index in [0.717, 1.165) is 25.7 Å². The van der Waals surface area contributed by atoms with Gasteiger partial charge in [-0.3, -0.25) is 4.79 Å². The zero-order valence-electron chi connectivity index (χ0n) is 11.0. The van der Waals surface area contributed by atoms with Gasteiger partial charge >= 0.3 is 5.97 Å². The number of carbonyl (C=O) groups is 1. The predicted octanol–water partition coefficient (Wildman–Crippen LogP) is 3.14. The molecule has 1 aliphatic rings. The maximum atomic E-state index is 11.4. The van der Waals surface area contributed by atoms with Gasteiger partial charge in [0, 0.05) is 0 Å². The molecule has 0 aliphatic carbocycles. The summed E-state index contributed by atoms with van der Waals surface area (Å²) >= 11 is 0. The molecule has 1 atom stereocenters. The molecular weight excluding hydrogens is 228 g/mol. The zero-order chi connectivity index (χ0) is 13.1. The number of carbonyl (C=O) groups excluding carboxylic acids is 1. The Morgan fingerprint density at radius 2 is 1.78 bits per heavy atom. The van der Waals surface area contributed by atoms with Gasteiger partial charge in [0.05, 0.1) is 19.1 Å². The number of hydrogen-bond donors (Lipinski definition) is 1. The second-order valence-electron chi connectivity index (χ2n) is 4.71. The molecule has 0 aromatic rings. The van der Waals surface area contributed by atoms with E-state index in [9.17, 15) is 9.90 Å². The van der Waals surface area contributed by atoms with Crippen LogP contribution in [0.3, 0.4) is 0 Å². The van der Waals surface area contributed by atoms with E-state index < -0.39 is 6.10 Å². The number of esters is 1. The van der Waals surface area contributed by atoms with E-state index in [1.54, 1.807) is 0 Å². The van der Waals surface area contributed by atoms with Crippen molar-refractivity contribution in [2.75, 3.05) is 6.61 Å². The van der Waals surface area contributed by atoms with Crippen molar-refractivity contribution in [1.29, 1.82) is 0 Å². The summed E-state index contributed by atoms with van der Waals surface area (Å²) in [5.41, 5.74) is 0. The SMILES string of the molecule is O=C1CC(O)CCCCCC/C=C\C=C/CCO1.